The third-order valence-corrected chi connectivity index (χ3v) is 3.67. The molecule has 2 heterocycles. The van der Waals surface area contributed by atoms with Gasteiger partial charge in [-0.05, 0) is 41.4 Å². The molecule has 5 nitrogen and oxygen atoms in total. The Morgan fingerprint density at radius 2 is 1.83 bits per heavy atom. The molecular weight excluding hydrogens is 331 g/mol. The lowest BCUT2D eigenvalue weighted by atomic mass is 10.0. The van der Waals surface area contributed by atoms with Crippen molar-refractivity contribution in [3.05, 3.63) is 71.8 Å². The van der Waals surface area contributed by atoms with Crippen molar-refractivity contribution in [2.45, 2.75) is 0 Å². The number of fused-ring (bicyclic) bond motifs is 1. The third-order valence-electron chi connectivity index (χ3n) is 3.44. The first-order valence-corrected chi connectivity index (χ1v) is 7.49. The van der Waals surface area contributed by atoms with Gasteiger partial charge in [-0.3, -0.25) is 0 Å². The van der Waals surface area contributed by atoms with Crippen LogP contribution in [0.2, 0.25) is 5.28 Å². The van der Waals surface area contributed by atoms with E-state index in [4.69, 9.17) is 16.3 Å². The molecule has 0 radical (unpaired) electrons. The van der Waals surface area contributed by atoms with Crippen LogP contribution in [0.3, 0.4) is 0 Å². The highest BCUT2D eigenvalue weighted by atomic mass is 35.5. The second-order valence-electron chi connectivity index (χ2n) is 5.02. The number of hydrogen-bond donors (Lipinski definition) is 0. The Labute approximate surface area is 141 Å². The van der Waals surface area contributed by atoms with E-state index in [2.05, 4.69) is 15.3 Å². The Balaban J connectivity index is 1.75. The molecule has 0 bridgehead atoms. The molecule has 0 spiro atoms. The zero-order valence-electron chi connectivity index (χ0n) is 12.2. The van der Waals surface area contributed by atoms with Crippen LogP contribution in [0.5, 0.6) is 11.6 Å². The van der Waals surface area contributed by atoms with Crippen molar-refractivity contribution in [1.82, 2.24) is 19.8 Å². The fourth-order valence-corrected chi connectivity index (χ4v) is 2.53. The highest BCUT2D eigenvalue weighted by Crippen LogP contribution is 2.32. The molecule has 4 rings (SSSR count). The molecule has 0 atom stereocenters. The average molecular weight is 341 g/mol. The average Bonchev–Trinajstić information content (AvgIpc) is 2.96. The van der Waals surface area contributed by atoms with Gasteiger partial charge in [-0.2, -0.15) is 4.52 Å². The highest BCUT2D eigenvalue weighted by molar-refractivity contribution is 6.28. The van der Waals surface area contributed by atoms with Gasteiger partial charge in [0.2, 0.25) is 11.2 Å². The predicted molar refractivity (Wildman–Crippen MR) is 87.7 cm³/mol. The van der Waals surface area contributed by atoms with Crippen LogP contribution in [0.1, 0.15) is 0 Å². The van der Waals surface area contributed by atoms with Crippen LogP contribution >= 0.6 is 11.6 Å². The van der Waals surface area contributed by atoms with Gasteiger partial charge in [0.25, 0.3) is 0 Å². The minimum Gasteiger partial charge on any atom is -0.437 e. The molecule has 0 aliphatic heterocycles. The molecule has 0 unspecified atom stereocenters. The SMILES string of the molecule is Fc1cccc(-c2ccccc2Oc2ccc3nnc(Cl)n3n2)c1. The molecule has 0 aliphatic rings. The molecule has 0 saturated heterocycles. The molecule has 0 amide bonds. The van der Waals surface area contributed by atoms with Crippen molar-refractivity contribution < 1.29 is 9.13 Å². The fourth-order valence-electron chi connectivity index (χ4n) is 2.36. The van der Waals surface area contributed by atoms with Crippen molar-refractivity contribution >= 4 is 17.2 Å². The van der Waals surface area contributed by atoms with Gasteiger partial charge in [0.1, 0.15) is 11.6 Å². The molecule has 2 aromatic carbocycles. The van der Waals surface area contributed by atoms with E-state index in [-0.39, 0.29) is 11.1 Å². The molecule has 2 aromatic heterocycles. The van der Waals surface area contributed by atoms with E-state index in [1.54, 1.807) is 24.3 Å². The van der Waals surface area contributed by atoms with Gasteiger partial charge in [0.15, 0.2) is 5.65 Å². The summed E-state index contributed by atoms with van der Waals surface area (Å²) in [5.41, 5.74) is 1.99. The highest BCUT2D eigenvalue weighted by Gasteiger charge is 2.10. The fraction of sp³-hybridized carbons (Fsp3) is 0. The first-order chi connectivity index (χ1) is 11.7. The Hall–Kier alpha value is -2.99. The van der Waals surface area contributed by atoms with E-state index >= 15 is 0 Å². The number of benzene rings is 2. The van der Waals surface area contributed by atoms with Crippen LogP contribution < -0.4 is 4.74 Å². The van der Waals surface area contributed by atoms with E-state index in [1.165, 1.54) is 16.6 Å². The maximum absolute atomic E-state index is 13.5. The summed E-state index contributed by atoms with van der Waals surface area (Å²) in [5.74, 6) is 0.574. The van der Waals surface area contributed by atoms with Crippen molar-refractivity contribution in [1.29, 1.82) is 0 Å². The minimum atomic E-state index is -0.307. The van der Waals surface area contributed by atoms with Gasteiger partial charge in [-0.1, -0.05) is 30.3 Å². The van der Waals surface area contributed by atoms with E-state index in [0.29, 0.717) is 22.8 Å². The summed E-state index contributed by atoms with van der Waals surface area (Å²) >= 11 is 5.92. The van der Waals surface area contributed by atoms with Crippen LogP contribution in [-0.4, -0.2) is 19.8 Å². The van der Waals surface area contributed by atoms with Gasteiger partial charge in [0, 0.05) is 11.6 Å². The van der Waals surface area contributed by atoms with Crippen molar-refractivity contribution in [3.8, 4) is 22.8 Å². The molecule has 0 saturated carbocycles. The minimum absolute atomic E-state index is 0.147. The number of nitrogens with zero attached hydrogens (tertiary/aromatic N) is 4. The molecule has 24 heavy (non-hydrogen) atoms. The summed E-state index contributed by atoms with van der Waals surface area (Å²) in [5, 5.41) is 12.0. The smallest absolute Gasteiger partial charge is 0.246 e. The maximum atomic E-state index is 13.5. The van der Waals surface area contributed by atoms with Gasteiger partial charge < -0.3 is 4.74 Å². The Kier molecular flexibility index (Phi) is 3.59. The number of hydrogen-bond acceptors (Lipinski definition) is 4. The van der Waals surface area contributed by atoms with Crippen LogP contribution in [0, 0.1) is 5.82 Å². The lowest BCUT2D eigenvalue weighted by Crippen LogP contribution is -1.96. The molecule has 0 aliphatic carbocycles. The number of para-hydroxylation sites is 1. The van der Waals surface area contributed by atoms with Crippen LogP contribution in [-0.2, 0) is 0 Å². The molecule has 118 valence electrons. The van der Waals surface area contributed by atoms with Crippen molar-refractivity contribution in [3.63, 3.8) is 0 Å². The molecular formula is C17H10ClFN4O. The number of halogens is 2. The Morgan fingerprint density at radius 3 is 2.71 bits per heavy atom. The molecule has 7 heteroatoms. The normalized spacial score (nSPS) is 10.9. The van der Waals surface area contributed by atoms with Gasteiger partial charge in [-0.15, -0.1) is 15.3 Å². The van der Waals surface area contributed by atoms with Crippen molar-refractivity contribution in [2.24, 2.45) is 0 Å². The van der Waals surface area contributed by atoms with Gasteiger partial charge >= 0.3 is 0 Å². The third kappa shape index (κ3) is 2.68. The van der Waals surface area contributed by atoms with Crippen LogP contribution in [0.15, 0.2) is 60.7 Å². The second-order valence-corrected chi connectivity index (χ2v) is 5.36. The number of ether oxygens (including phenoxy) is 1. The van der Waals surface area contributed by atoms with E-state index < -0.39 is 0 Å². The summed E-state index contributed by atoms with van der Waals surface area (Å²) < 4.78 is 20.8. The zero-order chi connectivity index (χ0) is 16.5. The van der Waals surface area contributed by atoms with Crippen LogP contribution in [0.4, 0.5) is 4.39 Å². The standard InChI is InChI=1S/C17H10ClFN4O/c18-17-21-20-15-8-9-16(22-23(15)17)24-14-7-2-1-6-13(14)11-4-3-5-12(19)10-11/h1-10H. The lowest BCUT2D eigenvalue weighted by molar-refractivity contribution is 0.454. The Bertz CT molecular complexity index is 1030. The predicted octanol–water partition coefficient (Wildman–Crippen LogP) is 4.38. The first-order valence-electron chi connectivity index (χ1n) is 7.11. The lowest BCUT2D eigenvalue weighted by Gasteiger charge is -2.10. The summed E-state index contributed by atoms with van der Waals surface area (Å²) in [6, 6.07) is 17.0. The summed E-state index contributed by atoms with van der Waals surface area (Å²) in [6.45, 7) is 0. The van der Waals surface area contributed by atoms with Crippen molar-refractivity contribution in [2.75, 3.05) is 0 Å². The molecule has 0 fully saturated rings. The second kappa shape index (κ2) is 5.90. The monoisotopic (exact) mass is 340 g/mol. The largest absolute Gasteiger partial charge is 0.437 e. The maximum Gasteiger partial charge on any atom is 0.246 e. The van der Waals surface area contributed by atoms with E-state index in [0.717, 1.165) is 5.56 Å². The summed E-state index contributed by atoms with van der Waals surface area (Å²) in [6.07, 6.45) is 0. The number of rotatable bonds is 3. The molecule has 0 N–H and O–H groups in total. The quantitative estimate of drug-likeness (QED) is 0.555. The summed E-state index contributed by atoms with van der Waals surface area (Å²) in [7, 11) is 0. The van der Waals surface area contributed by atoms with E-state index in [1.807, 2.05) is 24.3 Å². The topological polar surface area (TPSA) is 52.3 Å². The van der Waals surface area contributed by atoms with Gasteiger partial charge in [0.05, 0.1) is 0 Å². The van der Waals surface area contributed by atoms with Crippen LogP contribution in [0.25, 0.3) is 16.8 Å². The van der Waals surface area contributed by atoms with E-state index in [9.17, 15) is 4.39 Å². The number of aromatic nitrogens is 4. The summed E-state index contributed by atoms with van der Waals surface area (Å²) in [4.78, 5) is 0. The zero-order valence-corrected chi connectivity index (χ0v) is 13.0. The van der Waals surface area contributed by atoms with Gasteiger partial charge in [-0.25, -0.2) is 4.39 Å². The molecule has 4 aromatic rings. The Morgan fingerprint density at radius 1 is 0.958 bits per heavy atom. The first kappa shape index (κ1) is 14.6.